The number of rotatable bonds is 3. The van der Waals surface area contributed by atoms with Crippen molar-refractivity contribution in [3.05, 3.63) is 24.8 Å². The van der Waals surface area contributed by atoms with Crippen LogP contribution in [0.2, 0.25) is 0 Å². The molecule has 3 nitrogen and oxygen atoms in total. The summed E-state index contributed by atoms with van der Waals surface area (Å²) in [6.45, 7) is 2.81. The third-order valence-corrected chi connectivity index (χ3v) is 1.39. The van der Waals surface area contributed by atoms with Gasteiger partial charge in [-0.2, -0.15) is 0 Å². The fourth-order valence-corrected chi connectivity index (χ4v) is 0.919. The maximum atomic E-state index is 8.61. The summed E-state index contributed by atoms with van der Waals surface area (Å²) in [5, 5.41) is 8.61. The van der Waals surface area contributed by atoms with Gasteiger partial charge in [0.15, 0.2) is 0 Å². The molecular weight excluding hydrogens is 140 g/mol. The predicted molar refractivity (Wildman–Crippen MR) is 42.7 cm³/mol. The number of aliphatic hydroxyl groups is 1. The van der Waals surface area contributed by atoms with E-state index in [4.69, 9.17) is 5.11 Å². The molecule has 0 aromatic carbocycles. The van der Waals surface area contributed by atoms with Crippen LogP contribution in [-0.2, 0) is 6.54 Å². The minimum Gasteiger partial charge on any atom is -0.392 e. The first-order chi connectivity index (χ1) is 5.36. The Morgan fingerprint density at radius 2 is 2.45 bits per heavy atom. The second kappa shape index (κ2) is 3.93. The third-order valence-electron chi connectivity index (χ3n) is 1.39. The first kappa shape index (κ1) is 8.01. The SMILES string of the molecule is CC=Cn1cc[n+](CCO)c1. The molecule has 1 N–H and O–H groups in total. The Morgan fingerprint density at radius 3 is 3.09 bits per heavy atom. The van der Waals surface area contributed by atoms with Crippen LogP contribution in [0.25, 0.3) is 6.20 Å². The molecule has 0 aliphatic rings. The van der Waals surface area contributed by atoms with Crippen molar-refractivity contribution in [2.24, 2.45) is 0 Å². The topological polar surface area (TPSA) is 29.0 Å². The lowest BCUT2D eigenvalue weighted by molar-refractivity contribution is -0.697. The molecule has 0 atom stereocenters. The normalized spacial score (nSPS) is 11.1. The lowest BCUT2D eigenvalue weighted by atomic mass is 10.7. The first-order valence-electron chi connectivity index (χ1n) is 3.67. The van der Waals surface area contributed by atoms with E-state index < -0.39 is 0 Å². The Hall–Kier alpha value is -1.09. The maximum Gasteiger partial charge on any atom is 0.248 e. The van der Waals surface area contributed by atoms with Gasteiger partial charge in [-0.25, -0.2) is 9.13 Å². The highest BCUT2D eigenvalue weighted by atomic mass is 16.3. The lowest BCUT2D eigenvalue weighted by Gasteiger charge is -1.87. The summed E-state index contributed by atoms with van der Waals surface area (Å²) in [5.41, 5.74) is 0. The van der Waals surface area contributed by atoms with Gasteiger partial charge in [0.2, 0.25) is 6.33 Å². The fourth-order valence-electron chi connectivity index (χ4n) is 0.919. The summed E-state index contributed by atoms with van der Waals surface area (Å²) in [5.74, 6) is 0. The second-order valence-electron chi connectivity index (χ2n) is 2.30. The van der Waals surface area contributed by atoms with Gasteiger partial charge >= 0.3 is 0 Å². The minimum atomic E-state index is 0.185. The average Bonchev–Trinajstić information content (AvgIpc) is 2.38. The van der Waals surface area contributed by atoms with Gasteiger partial charge in [0.1, 0.15) is 18.9 Å². The molecule has 60 valence electrons. The molecular formula is C8H13N2O+. The Bertz CT molecular complexity index is 240. The summed E-state index contributed by atoms with van der Waals surface area (Å²) < 4.78 is 3.87. The van der Waals surface area contributed by atoms with Crippen molar-refractivity contribution < 1.29 is 9.67 Å². The zero-order valence-corrected chi connectivity index (χ0v) is 6.64. The second-order valence-corrected chi connectivity index (χ2v) is 2.30. The Morgan fingerprint density at radius 1 is 1.64 bits per heavy atom. The molecule has 0 amide bonds. The zero-order chi connectivity index (χ0) is 8.10. The summed E-state index contributed by atoms with van der Waals surface area (Å²) in [4.78, 5) is 0. The molecule has 1 aromatic rings. The van der Waals surface area contributed by atoms with Crippen LogP contribution in [0.3, 0.4) is 0 Å². The standard InChI is InChI=1S/C8H13N2O/c1-2-3-9-4-5-10(8-9)6-7-11/h2-5,8,11H,6-7H2,1H3/q+1. The maximum absolute atomic E-state index is 8.61. The Kier molecular flexibility index (Phi) is 2.86. The molecule has 0 bridgehead atoms. The number of hydrogen-bond acceptors (Lipinski definition) is 1. The molecule has 0 saturated heterocycles. The summed E-state index contributed by atoms with van der Waals surface area (Å²) >= 11 is 0. The molecule has 0 spiro atoms. The largest absolute Gasteiger partial charge is 0.392 e. The molecule has 0 aliphatic carbocycles. The van der Waals surface area contributed by atoms with Crippen LogP contribution < -0.4 is 4.57 Å². The highest BCUT2D eigenvalue weighted by Crippen LogP contribution is 1.84. The van der Waals surface area contributed by atoms with Crippen molar-refractivity contribution in [3.8, 4) is 0 Å². The minimum absolute atomic E-state index is 0.185. The van der Waals surface area contributed by atoms with Crippen molar-refractivity contribution in [2.75, 3.05) is 6.61 Å². The average molecular weight is 153 g/mol. The van der Waals surface area contributed by atoms with Gasteiger partial charge in [0.25, 0.3) is 0 Å². The highest BCUT2D eigenvalue weighted by Gasteiger charge is 1.97. The van der Waals surface area contributed by atoms with E-state index in [-0.39, 0.29) is 6.61 Å². The van der Waals surface area contributed by atoms with Crippen LogP contribution in [0.5, 0.6) is 0 Å². The van der Waals surface area contributed by atoms with E-state index in [2.05, 4.69) is 0 Å². The van der Waals surface area contributed by atoms with Crippen molar-refractivity contribution in [1.29, 1.82) is 0 Å². The molecule has 0 radical (unpaired) electrons. The monoisotopic (exact) mass is 153 g/mol. The van der Waals surface area contributed by atoms with Gasteiger partial charge < -0.3 is 5.11 Å². The van der Waals surface area contributed by atoms with Gasteiger partial charge in [-0.15, -0.1) is 0 Å². The quantitative estimate of drug-likeness (QED) is 0.620. The number of hydrogen-bond donors (Lipinski definition) is 1. The molecule has 0 aliphatic heterocycles. The zero-order valence-electron chi connectivity index (χ0n) is 6.64. The smallest absolute Gasteiger partial charge is 0.248 e. The lowest BCUT2D eigenvalue weighted by Crippen LogP contribution is -2.32. The molecule has 0 fully saturated rings. The highest BCUT2D eigenvalue weighted by molar-refractivity contribution is 5.18. The van der Waals surface area contributed by atoms with Gasteiger partial charge in [-0.05, 0) is 13.0 Å². The molecule has 1 heterocycles. The first-order valence-corrected chi connectivity index (χ1v) is 3.67. The molecule has 11 heavy (non-hydrogen) atoms. The molecule has 0 unspecified atom stereocenters. The number of nitrogens with zero attached hydrogens (tertiary/aromatic N) is 2. The van der Waals surface area contributed by atoms with Crippen LogP contribution in [0.15, 0.2) is 24.8 Å². The van der Waals surface area contributed by atoms with Gasteiger partial charge in [-0.3, -0.25) is 0 Å². The van der Waals surface area contributed by atoms with Crippen LogP contribution in [0.4, 0.5) is 0 Å². The third kappa shape index (κ3) is 2.20. The Labute approximate surface area is 66.2 Å². The molecule has 3 heteroatoms. The number of imidazole rings is 1. The van der Waals surface area contributed by atoms with E-state index in [1.165, 1.54) is 0 Å². The molecule has 0 saturated carbocycles. The number of aromatic nitrogens is 2. The fraction of sp³-hybridized carbons (Fsp3) is 0.375. The molecule has 1 aromatic heterocycles. The van der Waals surface area contributed by atoms with Gasteiger partial charge in [0, 0.05) is 0 Å². The van der Waals surface area contributed by atoms with E-state index >= 15 is 0 Å². The van der Waals surface area contributed by atoms with Crippen molar-refractivity contribution in [1.82, 2.24) is 4.57 Å². The number of allylic oxidation sites excluding steroid dienone is 1. The van der Waals surface area contributed by atoms with E-state index in [1.54, 1.807) is 0 Å². The van der Waals surface area contributed by atoms with Gasteiger partial charge in [0.05, 0.1) is 12.8 Å². The van der Waals surface area contributed by atoms with Gasteiger partial charge in [-0.1, -0.05) is 0 Å². The van der Waals surface area contributed by atoms with Crippen LogP contribution in [0.1, 0.15) is 6.92 Å². The van der Waals surface area contributed by atoms with E-state index in [0.717, 1.165) is 0 Å². The predicted octanol–water partition coefficient (Wildman–Crippen LogP) is 0.259. The van der Waals surface area contributed by atoms with E-state index in [0.29, 0.717) is 6.54 Å². The van der Waals surface area contributed by atoms with Crippen LogP contribution in [-0.4, -0.2) is 16.3 Å². The summed E-state index contributed by atoms with van der Waals surface area (Å²) in [6, 6.07) is 0. The van der Waals surface area contributed by atoms with Crippen molar-refractivity contribution >= 4 is 6.20 Å². The van der Waals surface area contributed by atoms with Crippen LogP contribution in [0, 0.1) is 0 Å². The van der Waals surface area contributed by atoms with Crippen molar-refractivity contribution in [3.63, 3.8) is 0 Å². The summed E-state index contributed by atoms with van der Waals surface area (Å²) in [7, 11) is 0. The molecule has 1 rings (SSSR count). The van der Waals surface area contributed by atoms with Crippen molar-refractivity contribution in [2.45, 2.75) is 13.5 Å². The number of aliphatic hydroxyl groups excluding tert-OH is 1. The van der Waals surface area contributed by atoms with E-state index in [1.807, 2.05) is 47.1 Å². The Balaban J connectivity index is 2.65. The summed E-state index contributed by atoms with van der Waals surface area (Å²) in [6.07, 6.45) is 9.71. The van der Waals surface area contributed by atoms with E-state index in [9.17, 15) is 0 Å². The van der Waals surface area contributed by atoms with Crippen LogP contribution >= 0.6 is 0 Å².